The van der Waals surface area contributed by atoms with E-state index < -0.39 is 0 Å². The highest BCUT2D eigenvalue weighted by molar-refractivity contribution is 6.32. The molecule has 0 aromatic carbocycles. The van der Waals surface area contributed by atoms with E-state index in [1.54, 1.807) is 38.9 Å². The second kappa shape index (κ2) is 6.64. The predicted molar refractivity (Wildman–Crippen MR) is 103 cm³/mol. The smallest absolute Gasteiger partial charge is 0.291 e. The molecule has 0 atom stereocenters. The third kappa shape index (κ3) is 2.69. The molecule has 0 saturated heterocycles. The van der Waals surface area contributed by atoms with Crippen LogP contribution in [0.5, 0.6) is 5.88 Å². The molecule has 4 aromatic heterocycles. The zero-order valence-electron chi connectivity index (χ0n) is 15.6. The van der Waals surface area contributed by atoms with Crippen molar-refractivity contribution in [3.05, 3.63) is 35.6 Å². The molecule has 0 aliphatic rings. The Balaban J connectivity index is 2.02. The molecule has 28 heavy (non-hydrogen) atoms. The van der Waals surface area contributed by atoms with Crippen LogP contribution in [0.4, 0.5) is 0 Å². The van der Waals surface area contributed by atoms with Crippen molar-refractivity contribution in [2.24, 2.45) is 7.05 Å². The molecule has 0 saturated carbocycles. The number of ether oxygens (including phenoxy) is 1. The van der Waals surface area contributed by atoms with E-state index in [0.29, 0.717) is 33.6 Å². The topological polar surface area (TPSA) is 107 Å². The number of nitrogens with zero attached hydrogens (tertiary/aromatic N) is 7. The van der Waals surface area contributed by atoms with Crippen molar-refractivity contribution in [1.82, 2.24) is 39.2 Å². The van der Waals surface area contributed by atoms with Gasteiger partial charge in [0.05, 0.1) is 19.0 Å². The van der Waals surface area contributed by atoms with Gasteiger partial charge in [-0.25, -0.2) is 9.97 Å². The zero-order chi connectivity index (χ0) is 20.0. The monoisotopic (exact) mass is 400 g/mol. The lowest BCUT2D eigenvalue weighted by Gasteiger charge is -2.07. The van der Waals surface area contributed by atoms with E-state index in [1.165, 1.54) is 12.0 Å². The van der Waals surface area contributed by atoms with Crippen LogP contribution >= 0.6 is 11.6 Å². The van der Waals surface area contributed by atoms with Crippen LogP contribution in [0.2, 0.25) is 5.02 Å². The normalized spacial score (nSPS) is 11.2. The second-order valence-electron chi connectivity index (χ2n) is 6.30. The molecule has 0 unspecified atom stereocenters. The maximum atomic E-state index is 12.2. The Kier molecular flexibility index (Phi) is 4.27. The van der Waals surface area contributed by atoms with E-state index in [4.69, 9.17) is 16.3 Å². The number of pyridine rings is 1. The number of aromatic amines is 1. The van der Waals surface area contributed by atoms with Crippen molar-refractivity contribution in [2.45, 2.75) is 0 Å². The summed E-state index contributed by atoms with van der Waals surface area (Å²) in [6.07, 6.45) is 5.11. The fourth-order valence-corrected chi connectivity index (χ4v) is 3.23. The van der Waals surface area contributed by atoms with Crippen molar-refractivity contribution >= 4 is 28.5 Å². The molecule has 0 spiro atoms. The number of methoxy groups -OCH3 is 1. The summed E-state index contributed by atoms with van der Waals surface area (Å²) in [5.74, 6) is 0.605. The van der Waals surface area contributed by atoms with Gasteiger partial charge in [0.25, 0.3) is 5.91 Å². The lowest BCUT2D eigenvalue weighted by atomic mass is 10.3. The highest BCUT2D eigenvalue weighted by atomic mass is 35.5. The second-order valence-corrected chi connectivity index (χ2v) is 6.70. The number of carbonyl (C=O) groups excluding carboxylic acids is 1. The van der Waals surface area contributed by atoms with Crippen molar-refractivity contribution < 1.29 is 9.53 Å². The number of carbonyl (C=O) groups is 1. The minimum absolute atomic E-state index is 0.144. The molecule has 1 amide bonds. The highest BCUT2D eigenvalue weighted by Crippen LogP contribution is 2.37. The molecule has 0 radical (unpaired) electrons. The lowest BCUT2D eigenvalue weighted by Crippen LogP contribution is -2.22. The number of hydrogen-bond donors (Lipinski definition) is 1. The number of amides is 1. The summed E-state index contributed by atoms with van der Waals surface area (Å²) in [7, 11) is 6.67. The van der Waals surface area contributed by atoms with Gasteiger partial charge >= 0.3 is 0 Å². The summed E-state index contributed by atoms with van der Waals surface area (Å²) in [4.78, 5) is 25.3. The van der Waals surface area contributed by atoms with E-state index in [0.717, 1.165) is 5.52 Å². The van der Waals surface area contributed by atoms with E-state index in [9.17, 15) is 4.79 Å². The number of aryl methyl sites for hydroxylation is 1. The first-order valence-electron chi connectivity index (χ1n) is 8.28. The molecule has 1 N–H and O–H groups in total. The Morgan fingerprint density at radius 3 is 2.75 bits per heavy atom. The Morgan fingerprint density at radius 1 is 1.32 bits per heavy atom. The minimum Gasteiger partial charge on any atom is -0.480 e. The average Bonchev–Trinajstić information content (AvgIpc) is 3.40. The molecule has 0 aliphatic carbocycles. The van der Waals surface area contributed by atoms with E-state index in [-0.39, 0.29) is 11.7 Å². The third-order valence-electron chi connectivity index (χ3n) is 4.34. The molecule has 144 valence electrons. The van der Waals surface area contributed by atoms with E-state index in [1.807, 2.05) is 16.2 Å². The number of H-pyrrole nitrogens is 1. The minimum atomic E-state index is -0.274. The van der Waals surface area contributed by atoms with Crippen LogP contribution in [0, 0.1) is 0 Å². The zero-order valence-corrected chi connectivity index (χ0v) is 16.4. The first-order chi connectivity index (χ1) is 13.4. The summed E-state index contributed by atoms with van der Waals surface area (Å²) in [5, 5.41) is 8.56. The molecular formula is C17H17ClN8O2. The third-order valence-corrected chi connectivity index (χ3v) is 4.62. The first kappa shape index (κ1) is 18.0. The van der Waals surface area contributed by atoms with Crippen LogP contribution in [0.25, 0.3) is 28.2 Å². The molecule has 10 nitrogen and oxygen atoms in total. The lowest BCUT2D eigenvalue weighted by molar-refractivity contribution is 0.0816. The van der Waals surface area contributed by atoms with Gasteiger partial charge in [0, 0.05) is 33.5 Å². The van der Waals surface area contributed by atoms with Gasteiger partial charge in [-0.05, 0) is 6.07 Å². The van der Waals surface area contributed by atoms with Crippen molar-refractivity contribution in [1.29, 1.82) is 0 Å². The molecule has 4 aromatic rings. The van der Waals surface area contributed by atoms with Gasteiger partial charge in [0.1, 0.15) is 21.9 Å². The van der Waals surface area contributed by atoms with Crippen LogP contribution in [0.3, 0.4) is 0 Å². The van der Waals surface area contributed by atoms with Crippen LogP contribution in [0.1, 0.15) is 10.6 Å². The summed E-state index contributed by atoms with van der Waals surface area (Å²) in [6, 6.07) is 1.77. The van der Waals surface area contributed by atoms with Gasteiger partial charge in [-0.15, -0.1) is 10.2 Å². The molecule has 0 fully saturated rings. The van der Waals surface area contributed by atoms with Gasteiger partial charge < -0.3 is 23.8 Å². The van der Waals surface area contributed by atoms with Gasteiger partial charge in [-0.3, -0.25) is 4.79 Å². The molecule has 0 bridgehead atoms. The summed E-state index contributed by atoms with van der Waals surface area (Å²) in [6.45, 7) is 0. The highest BCUT2D eigenvalue weighted by Gasteiger charge is 2.25. The fraction of sp³-hybridized carbons (Fsp3) is 0.235. The number of hydrogen-bond acceptors (Lipinski definition) is 6. The number of fused-ring (bicyclic) bond motifs is 1. The summed E-state index contributed by atoms with van der Waals surface area (Å²) >= 11 is 6.28. The van der Waals surface area contributed by atoms with Crippen LogP contribution in [0.15, 0.2) is 24.8 Å². The van der Waals surface area contributed by atoms with Gasteiger partial charge in [-0.1, -0.05) is 11.6 Å². The Morgan fingerprint density at radius 2 is 2.11 bits per heavy atom. The Hall–Kier alpha value is -3.40. The number of aromatic nitrogens is 7. The number of nitrogens with one attached hydrogen (secondary N) is 1. The van der Waals surface area contributed by atoms with Gasteiger partial charge in [0.15, 0.2) is 5.82 Å². The number of imidazole rings is 1. The van der Waals surface area contributed by atoms with Crippen molar-refractivity contribution in [3.8, 4) is 23.1 Å². The fourth-order valence-electron chi connectivity index (χ4n) is 3.01. The summed E-state index contributed by atoms with van der Waals surface area (Å²) < 4.78 is 8.97. The van der Waals surface area contributed by atoms with Crippen molar-refractivity contribution in [3.63, 3.8) is 0 Å². The Labute approximate surface area is 164 Å². The maximum Gasteiger partial charge on any atom is 0.291 e. The van der Waals surface area contributed by atoms with E-state index in [2.05, 4.69) is 25.1 Å². The van der Waals surface area contributed by atoms with E-state index >= 15 is 0 Å². The first-order valence-corrected chi connectivity index (χ1v) is 8.66. The predicted octanol–water partition coefficient (Wildman–Crippen LogP) is 1.91. The average molecular weight is 401 g/mol. The Bertz CT molecular complexity index is 1180. The van der Waals surface area contributed by atoms with Crippen LogP contribution in [-0.2, 0) is 7.05 Å². The maximum absolute atomic E-state index is 12.2. The molecule has 0 aliphatic heterocycles. The molecule has 11 heteroatoms. The number of halogens is 1. The summed E-state index contributed by atoms with van der Waals surface area (Å²) in [5.41, 5.74) is 2.80. The van der Waals surface area contributed by atoms with Crippen molar-refractivity contribution in [2.75, 3.05) is 21.2 Å². The number of rotatable bonds is 4. The molecular weight excluding hydrogens is 384 g/mol. The van der Waals surface area contributed by atoms with Gasteiger partial charge in [0.2, 0.25) is 11.7 Å². The SMILES string of the molecule is COc1nc2c(-n3ccnc3)c(-c3nnc(C(=O)N(C)C)[nH]3)n(C)c2cc1Cl. The largest absolute Gasteiger partial charge is 0.480 e. The quantitative estimate of drug-likeness (QED) is 0.560. The van der Waals surface area contributed by atoms with Crippen LogP contribution < -0.4 is 4.74 Å². The molecule has 4 heterocycles. The molecule has 4 rings (SSSR count). The van der Waals surface area contributed by atoms with Gasteiger partial charge in [-0.2, -0.15) is 0 Å². The standard InChI is InChI=1S/C17H17ClN8O2/c1-24(2)17(27)15-21-14(22-23-15)13-12(26-6-5-19-8-26)11-10(25(13)3)7-9(18)16(20-11)28-4/h5-8H,1-4H3,(H,21,22,23). The van der Waals surface area contributed by atoms with Crippen LogP contribution in [-0.4, -0.2) is 66.3 Å².